The lowest BCUT2D eigenvalue weighted by Gasteiger charge is -2.19. The maximum Gasteiger partial charge on any atom is 0.220 e. The second kappa shape index (κ2) is 17.4. The third-order valence-corrected chi connectivity index (χ3v) is 6.55. The molecule has 1 aromatic rings. The van der Waals surface area contributed by atoms with E-state index in [1.54, 1.807) is 0 Å². The number of carbonyl (C=O) groups excluding carboxylic acids is 1. The summed E-state index contributed by atoms with van der Waals surface area (Å²) in [7, 11) is 0. The molecule has 1 aromatic carbocycles. The van der Waals surface area contributed by atoms with Crippen LogP contribution in [-0.2, 0) is 17.8 Å². The highest BCUT2D eigenvalue weighted by atomic mass is 16.1. The number of carbonyl (C=O) groups is 1. The number of nitrogens with one attached hydrogen (secondary N) is 1. The number of amides is 1. The Kier molecular flexibility index (Phi) is 15.5. The Hall–Kier alpha value is -1.31. The summed E-state index contributed by atoms with van der Waals surface area (Å²) in [5, 5.41) is 3.23. The van der Waals surface area contributed by atoms with Crippen molar-refractivity contribution in [3.8, 4) is 0 Å². The smallest absolute Gasteiger partial charge is 0.220 e. The van der Waals surface area contributed by atoms with Crippen molar-refractivity contribution in [2.75, 3.05) is 0 Å². The van der Waals surface area contributed by atoms with Crippen molar-refractivity contribution in [3.63, 3.8) is 0 Å². The van der Waals surface area contributed by atoms with Crippen LogP contribution < -0.4 is 5.32 Å². The molecule has 0 aliphatic rings. The van der Waals surface area contributed by atoms with E-state index in [9.17, 15) is 4.79 Å². The average molecular weight is 416 g/mol. The lowest BCUT2D eigenvalue weighted by molar-refractivity contribution is -0.122. The molecule has 1 unspecified atom stereocenters. The number of rotatable bonds is 18. The van der Waals surface area contributed by atoms with Crippen LogP contribution in [0.4, 0.5) is 0 Å². The molecule has 2 heteroatoms. The van der Waals surface area contributed by atoms with Crippen LogP contribution in [0.5, 0.6) is 0 Å². The Morgan fingerprint density at radius 3 is 1.97 bits per heavy atom. The van der Waals surface area contributed by atoms with Gasteiger partial charge in [-0.1, -0.05) is 123 Å². The van der Waals surface area contributed by atoms with E-state index in [0.717, 1.165) is 18.8 Å². The van der Waals surface area contributed by atoms with Crippen molar-refractivity contribution in [2.24, 2.45) is 11.8 Å². The van der Waals surface area contributed by atoms with Crippen LogP contribution in [0.3, 0.4) is 0 Å². The fraction of sp³-hybridized carbons (Fsp3) is 0.750. The standard InChI is InChI=1S/C28H49NO/c1-5-9-12-13-18-24(8-4)22-28(30)29-23-27-20-15-14-19-26(27)21-25(16-10-6-2)17-11-7-3/h14-15,19-20,24-25H,5-13,16-18,21-23H2,1-4H3,(H,29,30). The third-order valence-electron chi connectivity index (χ3n) is 6.55. The topological polar surface area (TPSA) is 29.1 Å². The first-order chi connectivity index (χ1) is 14.6. The van der Waals surface area contributed by atoms with Crippen LogP contribution >= 0.6 is 0 Å². The number of unbranched alkanes of at least 4 members (excludes halogenated alkanes) is 5. The second-order valence-electron chi connectivity index (χ2n) is 9.23. The van der Waals surface area contributed by atoms with E-state index in [-0.39, 0.29) is 5.91 Å². The van der Waals surface area contributed by atoms with Gasteiger partial charge in [-0.15, -0.1) is 0 Å². The zero-order valence-electron chi connectivity index (χ0n) is 20.5. The molecule has 1 N–H and O–H groups in total. The third kappa shape index (κ3) is 11.8. The molecule has 0 saturated heterocycles. The summed E-state index contributed by atoms with van der Waals surface area (Å²) in [5.74, 6) is 1.53. The van der Waals surface area contributed by atoms with Gasteiger partial charge in [-0.2, -0.15) is 0 Å². The van der Waals surface area contributed by atoms with Crippen LogP contribution in [-0.4, -0.2) is 5.91 Å². The first-order valence-electron chi connectivity index (χ1n) is 13.0. The Balaban J connectivity index is 2.57. The predicted molar refractivity (Wildman–Crippen MR) is 132 cm³/mol. The molecule has 0 saturated carbocycles. The minimum atomic E-state index is 0.223. The summed E-state index contributed by atoms with van der Waals surface area (Å²) in [6.07, 6.45) is 17.1. The summed E-state index contributed by atoms with van der Waals surface area (Å²) in [4.78, 5) is 12.6. The first-order valence-corrected chi connectivity index (χ1v) is 13.0. The molecule has 0 bridgehead atoms. The van der Waals surface area contributed by atoms with E-state index in [4.69, 9.17) is 0 Å². The molecular weight excluding hydrogens is 366 g/mol. The van der Waals surface area contributed by atoms with E-state index in [1.807, 2.05) is 0 Å². The highest BCUT2D eigenvalue weighted by Gasteiger charge is 2.14. The fourth-order valence-electron chi connectivity index (χ4n) is 4.41. The SMILES string of the molecule is CCCCCCC(CC)CC(=O)NCc1ccccc1CC(CCCC)CCCC. The summed E-state index contributed by atoms with van der Waals surface area (Å²) in [6.45, 7) is 9.72. The van der Waals surface area contributed by atoms with E-state index in [2.05, 4.69) is 57.3 Å². The van der Waals surface area contributed by atoms with E-state index >= 15 is 0 Å². The maximum atomic E-state index is 12.6. The number of hydrogen-bond donors (Lipinski definition) is 1. The predicted octanol–water partition coefficient (Wildman–Crippen LogP) is 8.23. The van der Waals surface area contributed by atoms with Crippen LogP contribution in [0.15, 0.2) is 24.3 Å². The van der Waals surface area contributed by atoms with E-state index in [0.29, 0.717) is 18.9 Å². The molecule has 0 aromatic heterocycles. The minimum Gasteiger partial charge on any atom is -0.352 e. The van der Waals surface area contributed by atoms with Crippen molar-refractivity contribution in [3.05, 3.63) is 35.4 Å². The van der Waals surface area contributed by atoms with Crippen LogP contribution in [0.1, 0.15) is 122 Å². The van der Waals surface area contributed by atoms with Gasteiger partial charge in [0.25, 0.3) is 0 Å². The number of benzene rings is 1. The Morgan fingerprint density at radius 1 is 0.767 bits per heavy atom. The molecule has 0 spiro atoms. The molecule has 0 aliphatic carbocycles. The molecule has 2 nitrogen and oxygen atoms in total. The molecule has 0 radical (unpaired) electrons. The number of hydrogen-bond acceptors (Lipinski definition) is 1. The van der Waals surface area contributed by atoms with Crippen molar-refractivity contribution in [1.29, 1.82) is 0 Å². The lowest BCUT2D eigenvalue weighted by Crippen LogP contribution is -2.25. The molecule has 30 heavy (non-hydrogen) atoms. The summed E-state index contributed by atoms with van der Waals surface area (Å²) < 4.78 is 0. The Morgan fingerprint density at radius 2 is 1.37 bits per heavy atom. The second-order valence-corrected chi connectivity index (χ2v) is 9.23. The van der Waals surface area contributed by atoms with Gasteiger partial charge < -0.3 is 5.32 Å². The highest BCUT2D eigenvalue weighted by molar-refractivity contribution is 5.76. The molecule has 1 rings (SSSR count). The van der Waals surface area contributed by atoms with Gasteiger partial charge in [0.1, 0.15) is 0 Å². The van der Waals surface area contributed by atoms with Crippen molar-refractivity contribution in [1.82, 2.24) is 5.32 Å². The van der Waals surface area contributed by atoms with Gasteiger partial charge in [-0.25, -0.2) is 0 Å². The zero-order chi connectivity index (χ0) is 22.0. The van der Waals surface area contributed by atoms with Crippen LogP contribution in [0.2, 0.25) is 0 Å². The normalized spacial score (nSPS) is 12.3. The van der Waals surface area contributed by atoms with Crippen LogP contribution in [0, 0.1) is 11.8 Å². The van der Waals surface area contributed by atoms with Crippen molar-refractivity contribution < 1.29 is 4.79 Å². The van der Waals surface area contributed by atoms with E-state index < -0.39 is 0 Å². The maximum absolute atomic E-state index is 12.6. The van der Waals surface area contributed by atoms with Crippen molar-refractivity contribution in [2.45, 2.75) is 124 Å². The highest BCUT2D eigenvalue weighted by Crippen LogP contribution is 2.23. The summed E-state index contributed by atoms with van der Waals surface area (Å²) >= 11 is 0. The quantitative estimate of drug-likeness (QED) is 0.240. The fourth-order valence-corrected chi connectivity index (χ4v) is 4.41. The van der Waals surface area contributed by atoms with Crippen molar-refractivity contribution >= 4 is 5.91 Å². The lowest BCUT2D eigenvalue weighted by atomic mass is 9.88. The Labute approximate surface area is 187 Å². The van der Waals surface area contributed by atoms with Gasteiger partial charge >= 0.3 is 0 Å². The van der Waals surface area contributed by atoms with Gasteiger partial charge in [0, 0.05) is 13.0 Å². The Bertz CT molecular complexity index is 545. The molecule has 1 amide bonds. The molecule has 0 aliphatic heterocycles. The molecule has 1 atom stereocenters. The molecule has 0 fully saturated rings. The zero-order valence-corrected chi connectivity index (χ0v) is 20.5. The molecular formula is C28H49NO. The van der Waals surface area contributed by atoms with Gasteiger partial charge in [-0.05, 0) is 35.8 Å². The minimum absolute atomic E-state index is 0.223. The van der Waals surface area contributed by atoms with Crippen LogP contribution in [0.25, 0.3) is 0 Å². The van der Waals surface area contributed by atoms with E-state index in [1.165, 1.54) is 81.8 Å². The monoisotopic (exact) mass is 415 g/mol. The van der Waals surface area contributed by atoms with Gasteiger partial charge in [0.05, 0.1) is 0 Å². The summed E-state index contributed by atoms with van der Waals surface area (Å²) in [5.41, 5.74) is 2.74. The van der Waals surface area contributed by atoms with Gasteiger partial charge in [0.2, 0.25) is 5.91 Å². The first kappa shape index (κ1) is 26.7. The van der Waals surface area contributed by atoms with Gasteiger partial charge in [-0.3, -0.25) is 4.79 Å². The molecule has 0 heterocycles. The summed E-state index contributed by atoms with van der Waals surface area (Å²) in [6, 6.07) is 8.74. The molecule has 172 valence electrons. The average Bonchev–Trinajstić information content (AvgIpc) is 2.76. The van der Waals surface area contributed by atoms with Gasteiger partial charge in [0.15, 0.2) is 0 Å². The largest absolute Gasteiger partial charge is 0.352 e.